The molecule has 3 rings (SSSR count). The topological polar surface area (TPSA) is 46.2 Å². The zero-order valence-electron chi connectivity index (χ0n) is 11.3. The summed E-state index contributed by atoms with van der Waals surface area (Å²) in [6, 6.07) is 5.06. The van der Waals surface area contributed by atoms with Crippen LogP contribution in [0.5, 0.6) is 0 Å². The molecule has 3 heteroatoms. The molecular weight excluding hydrogens is 241 g/mol. The van der Waals surface area contributed by atoms with Crippen LogP contribution in [0.2, 0.25) is 0 Å². The Morgan fingerprint density at radius 1 is 1.21 bits per heavy atom. The third-order valence-corrected chi connectivity index (χ3v) is 5.30. The molecule has 2 aliphatic rings. The fraction of sp³-hybridized carbons (Fsp3) is 0.625. The van der Waals surface area contributed by atoms with Gasteiger partial charge in [0.05, 0.1) is 5.60 Å². The van der Waals surface area contributed by atoms with Gasteiger partial charge in [-0.3, -0.25) is 0 Å². The fourth-order valence-electron chi connectivity index (χ4n) is 4.36. The highest BCUT2D eigenvalue weighted by Gasteiger charge is 2.54. The largest absolute Gasteiger partial charge is 0.389 e. The lowest BCUT2D eigenvalue weighted by Crippen LogP contribution is -2.57. The van der Waals surface area contributed by atoms with Gasteiger partial charge in [-0.1, -0.05) is 18.9 Å². The molecule has 104 valence electrons. The summed E-state index contributed by atoms with van der Waals surface area (Å²) < 4.78 is 13.7. The number of aliphatic hydroxyl groups is 1. The van der Waals surface area contributed by atoms with E-state index in [1.807, 2.05) is 6.07 Å². The van der Waals surface area contributed by atoms with Crippen molar-refractivity contribution in [3.05, 3.63) is 35.1 Å². The number of nitrogens with two attached hydrogens (primary N) is 1. The van der Waals surface area contributed by atoms with E-state index < -0.39 is 5.60 Å². The van der Waals surface area contributed by atoms with Crippen LogP contribution >= 0.6 is 0 Å². The van der Waals surface area contributed by atoms with Crippen LogP contribution in [0.3, 0.4) is 0 Å². The number of fused-ring (bicyclic) bond motifs is 3. The maximum absolute atomic E-state index is 13.7. The molecule has 0 heterocycles. The van der Waals surface area contributed by atoms with Crippen LogP contribution in [0.1, 0.15) is 49.7 Å². The Bertz CT molecular complexity index is 486. The molecular formula is C16H22FNO. The van der Waals surface area contributed by atoms with Gasteiger partial charge in [0.25, 0.3) is 0 Å². The SMILES string of the molecule is NCC[C@@]12CCCC[C@]1(O)CCc1ccc(F)cc12. The second-order valence-corrected chi connectivity index (χ2v) is 6.16. The highest BCUT2D eigenvalue weighted by Crippen LogP contribution is 2.54. The summed E-state index contributed by atoms with van der Waals surface area (Å²) in [6.07, 6.45) is 6.29. The minimum Gasteiger partial charge on any atom is -0.389 e. The predicted octanol–water partition coefficient (Wildman–Crippen LogP) is 2.66. The van der Waals surface area contributed by atoms with Gasteiger partial charge in [-0.25, -0.2) is 4.39 Å². The summed E-state index contributed by atoms with van der Waals surface area (Å²) in [4.78, 5) is 0. The molecule has 0 spiro atoms. The van der Waals surface area contributed by atoms with Crippen molar-refractivity contribution in [2.45, 2.75) is 56.0 Å². The molecule has 0 aromatic heterocycles. The normalized spacial score (nSPS) is 33.6. The third-order valence-electron chi connectivity index (χ3n) is 5.30. The van der Waals surface area contributed by atoms with Crippen LogP contribution in [-0.2, 0) is 11.8 Å². The van der Waals surface area contributed by atoms with Crippen LogP contribution in [0.25, 0.3) is 0 Å². The van der Waals surface area contributed by atoms with Gasteiger partial charge in [0, 0.05) is 5.41 Å². The van der Waals surface area contributed by atoms with Crippen molar-refractivity contribution in [3.63, 3.8) is 0 Å². The maximum Gasteiger partial charge on any atom is 0.123 e. The molecule has 19 heavy (non-hydrogen) atoms. The summed E-state index contributed by atoms with van der Waals surface area (Å²) in [5.74, 6) is -0.204. The average molecular weight is 263 g/mol. The lowest BCUT2D eigenvalue weighted by molar-refractivity contribution is -0.0863. The Labute approximate surface area is 113 Å². The molecule has 3 N–H and O–H groups in total. The van der Waals surface area contributed by atoms with Crippen molar-refractivity contribution in [3.8, 4) is 0 Å². The number of rotatable bonds is 2. The van der Waals surface area contributed by atoms with E-state index in [9.17, 15) is 9.50 Å². The van der Waals surface area contributed by atoms with Crippen molar-refractivity contribution in [2.24, 2.45) is 5.73 Å². The van der Waals surface area contributed by atoms with E-state index in [1.165, 1.54) is 11.6 Å². The molecule has 2 nitrogen and oxygen atoms in total. The Morgan fingerprint density at radius 2 is 2.00 bits per heavy atom. The van der Waals surface area contributed by atoms with Crippen molar-refractivity contribution in [1.82, 2.24) is 0 Å². The second-order valence-electron chi connectivity index (χ2n) is 6.16. The van der Waals surface area contributed by atoms with E-state index in [2.05, 4.69) is 0 Å². The number of benzene rings is 1. The molecule has 1 aromatic carbocycles. The van der Waals surface area contributed by atoms with Gasteiger partial charge < -0.3 is 10.8 Å². The van der Waals surface area contributed by atoms with Crippen molar-refractivity contribution in [1.29, 1.82) is 0 Å². The van der Waals surface area contributed by atoms with Crippen LogP contribution in [0, 0.1) is 5.82 Å². The van der Waals surface area contributed by atoms with Crippen molar-refractivity contribution < 1.29 is 9.50 Å². The molecule has 0 aliphatic heterocycles. The van der Waals surface area contributed by atoms with Gasteiger partial charge in [0.15, 0.2) is 0 Å². The van der Waals surface area contributed by atoms with E-state index in [0.717, 1.165) is 50.5 Å². The van der Waals surface area contributed by atoms with Crippen LogP contribution in [0.4, 0.5) is 4.39 Å². The van der Waals surface area contributed by atoms with Crippen molar-refractivity contribution >= 4 is 0 Å². The smallest absolute Gasteiger partial charge is 0.123 e. The molecule has 1 saturated carbocycles. The molecule has 2 atom stereocenters. The number of halogens is 1. The summed E-state index contributed by atoms with van der Waals surface area (Å²) in [5.41, 5.74) is 7.01. The lowest BCUT2D eigenvalue weighted by atomic mass is 9.53. The van der Waals surface area contributed by atoms with E-state index in [4.69, 9.17) is 5.73 Å². The van der Waals surface area contributed by atoms with E-state index in [-0.39, 0.29) is 11.2 Å². The van der Waals surface area contributed by atoms with Gasteiger partial charge in [-0.2, -0.15) is 0 Å². The highest BCUT2D eigenvalue weighted by atomic mass is 19.1. The van der Waals surface area contributed by atoms with Gasteiger partial charge in [0.2, 0.25) is 0 Å². The summed E-state index contributed by atoms with van der Waals surface area (Å²) in [6.45, 7) is 0.540. The molecule has 0 amide bonds. The first-order valence-electron chi connectivity index (χ1n) is 7.33. The minimum absolute atomic E-state index is 0.204. The summed E-state index contributed by atoms with van der Waals surface area (Å²) in [5, 5.41) is 11.1. The first-order valence-corrected chi connectivity index (χ1v) is 7.33. The zero-order valence-corrected chi connectivity index (χ0v) is 11.3. The fourth-order valence-corrected chi connectivity index (χ4v) is 4.36. The number of aryl methyl sites for hydroxylation is 1. The Morgan fingerprint density at radius 3 is 2.79 bits per heavy atom. The zero-order chi connectivity index (χ0) is 13.5. The third kappa shape index (κ3) is 1.83. The Hall–Kier alpha value is -0.930. The quantitative estimate of drug-likeness (QED) is 0.861. The first-order chi connectivity index (χ1) is 9.11. The second kappa shape index (κ2) is 4.57. The predicted molar refractivity (Wildman–Crippen MR) is 73.5 cm³/mol. The van der Waals surface area contributed by atoms with Gasteiger partial charge in [-0.05, 0) is 61.9 Å². The monoisotopic (exact) mass is 263 g/mol. The van der Waals surface area contributed by atoms with Crippen LogP contribution in [0.15, 0.2) is 18.2 Å². The molecule has 0 unspecified atom stereocenters. The van der Waals surface area contributed by atoms with Crippen LogP contribution in [-0.4, -0.2) is 17.3 Å². The standard InChI is InChI=1S/C16H22FNO/c17-13-4-3-12-5-8-16(19)7-2-1-6-15(16,9-10-18)14(12)11-13/h3-4,11,19H,1-2,5-10,18H2/t15-,16+/m1/s1. The Balaban J connectivity index is 2.17. The highest BCUT2D eigenvalue weighted by molar-refractivity contribution is 5.42. The minimum atomic E-state index is -0.689. The lowest BCUT2D eigenvalue weighted by Gasteiger charge is -2.54. The molecule has 0 saturated heterocycles. The van der Waals surface area contributed by atoms with Gasteiger partial charge >= 0.3 is 0 Å². The van der Waals surface area contributed by atoms with Gasteiger partial charge in [-0.15, -0.1) is 0 Å². The number of hydrogen-bond donors (Lipinski definition) is 2. The summed E-state index contributed by atoms with van der Waals surface area (Å²) in [7, 11) is 0. The molecule has 2 aliphatic carbocycles. The van der Waals surface area contributed by atoms with E-state index in [0.29, 0.717) is 6.54 Å². The maximum atomic E-state index is 13.7. The van der Waals surface area contributed by atoms with Gasteiger partial charge in [0.1, 0.15) is 5.82 Å². The van der Waals surface area contributed by atoms with E-state index >= 15 is 0 Å². The summed E-state index contributed by atoms with van der Waals surface area (Å²) >= 11 is 0. The van der Waals surface area contributed by atoms with Crippen LogP contribution < -0.4 is 5.73 Å². The first kappa shape index (κ1) is 13.1. The molecule has 1 fully saturated rings. The molecule has 0 radical (unpaired) electrons. The molecule has 0 bridgehead atoms. The number of hydrogen-bond acceptors (Lipinski definition) is 2. The van der Waals surface area contributed by atoms with E-state index in [1.54, 1.807) is 6.07 Å². The Kier molecular flexibility index (Phi) is 3.14. The average Bonchev–Trinajstić information content (AvgIpc) is 2.40. The van der Waals surface area contributed by atoms with Crippen molar-refractivity contribution in [2.75, 3.05) is 6.54 Å². The molecule has 1 aromatic rings.